The minimum atomic E-state index is -1.19. The van der Waals surface area contributed by atoms with Crippen LogP contribution in [0.5, 0.6) is 11.5 Å². The average molecular weight is 467 g/mol. The van der Waals surface area contributed by atoms with E-state index in [1.807, 2.05) is 0 Å². The number of aryl methyl sites for hydroxylation is 4. The zero-order chi connectivity index (χ0) is 21.3. The lowest BCUT2D eigenvalue weighted by atomic mass is 10.1. The summed E-state index contributed by atoms with van der Waals surface area (Å²) in [5, 5.41) is 3.71. The van der Waals surface area contributed by atoms with Crippen molar-refractivity contribution in [2.45, 2.75) is 33.4 Å². The first kappa shape index (κ1) is 22.6. The van der Waals surface area contributed by atoms with Crippen LogP contribution in [0.4, 0.5) is 0 Å². The number of hydrogen-bond acceptors (Lipinski definition) is 2. The number of halogens is 2. The maximum atomic E-state index is 6.41. The fraction of sp³-hybridized carbons (Fsp3) is 0.304. The molecule has 0 aliphatic heterocycles. The summed E-state index contributed by atoms with van der Waals surface area (Å²) in [4.78, 5) is 0. The van der Waals surface area contributed by atoms with Gasteiger partial charge < -0.3 is 9.47 Å². The Labute approximate surface area is 186 Å². The van der Waals surface area contributed by atoms with Gasteiger partial charge in [-0.3, -0.25) is 0 Å². The molecule has 0 saturated heterocycles. The molecule has 1 atom stereocenters. The molecule has 0 spiro atoms. The maximum absolute atomic E-state index is 6.41. The Kier molecular flexibility index (Phi) is 7.34. The Morgan fingerprint density at radius 1 is 0.759 bits per heavy atom. The van der Waals surface area contributed by atoms with Crippen molar-refractivity contribution >= 4 is 47.6 Å². The molecule has 3 rings (SSSR count). The van der Waals surface area contributed by atoms with E-state index in [-0.39, 0.29) is 5.66 Å². The summed E-state index contributed by atoms with van der Waals surface area (Å²) >= 11 is 12.8. The van der Waals surface area contributed by atoms with Crippen molar-refractivity contribution < 1.29 is 9.47 Å². The van der Waals surface area contributed by atoms with Crippen LogP contribution in [0.15, 0.2) is 47.8 Å². The van der Waals surface area contributed by atoms with Crippen LogP contribution < -0.4 is 20.1 Å². The van der Waals surface area contributed by atoms with Crippen LogP contribution in [0.25, 0.3) is 0 Å². The summed E-state index contributed by atoms with van der Waals surface area (Å²) in [5.41, 5.74) is 4.75. The predicted octanol–water partition coefficient (Wildman–Crippen LogP) is 6.98. The van der Waals surface area contributed by atoms with Crippen molar-refractivity contribution in [3.63, 3.8) is 0 Å². The highest BCUT2D eigenvalue weighted by Crippen LogP contribution is 2.63. The number of benzene rings is 2. The van der Waals surface area contributed by atoms with Gasteiger partial charge in [0.1, 0.15) is 18.1 Å². The zero-order valence-corrected chi connectivity index (χ0v) is 20.9. The van der Waals surface area contributed by atoms with Gasteiger partial charge in [0.25, 0.3) is 0 Å². The average Bonchev–Trinajstić information content (AvgIpc) is 3.11. The van der Waals surface area contributed by atoms with Gasteiger partial charge in [-0.2, -0.15) is 0 Å². The van der Waals surface area contributed by atoms with Crippen LogP contribution in [0, 0.1) is 27.7 Å². The van der Waals surface area contributed by atoms with E-state index in [0.29, 0.717) is 0 Å². The molecule has 0 aromatic heterocycles. The SMILES string of the molecule is COc1c(C)cc(P(c2cc(C)c(OC)c(C)c2)[C@@H]2C=CC=C2P(Cl)Cl)cc1C. The summed E-state index contributed by atoms with van der Waals surface area (Å²) in [7, 11) is 2.71. The fourth-order valence-corrected chi connectivity index (χ4v) is 9.53. The van der Waals surface area contributed by atoms with E-state index < -0.39 is 14.5 Å². The first-order valence-corrected chi connectivity index (χ1v) is 13.9. The Balaban J connectivity index is 2.22. The molecular formula is C23H26Cl2O2P2. The van der Waals surface area contributed by atoms with Crippen LogP contribution in [-0.4, -0.2) is 19.9 Å². The quantitative estimate of drug-likeness (QED) is 0.427. The van der Waals surface area contributed by atoms with Crippen LogP contribution in [0.2, 0.25) is 0 Å². The van der Waals surface area contributed by atoms with E-state index in [9.17, 15) is 0 Å². The third-order valence-corrected chi connectivity index (χ3v) is 10.0. The lowest BCUT2D eigenvalue weighted by Crippen LogP contribution is -2.22. The minimum Gasteiger partial charge on any atom is -0.496 e. The Morgan fingerprint density at radius 2 is 1.17 bits per heavy atom. The van der Waals surface area contributed by atoms with E-state index in [2.05, 4.69) is 70.2 Å². The number of methoxy groups -OCH3 is 2. The molecule has 0 fully saturated rings. The summed E-state index contributed by atoms with van der Waals surface area (Å²) in [6, 6.07) is 9.00. The molecule has 0 radical (unpaired) electrons. The van der Waals surface area contributed by atoms with E-state index >= 15 is 0 Å². The normalized spacial score (nSPS) is 15.9. The fourth-order valence-electron chi connectivity index (χ4n) is 4.08. The van der Waals surface area contributed by atoms with Gasteiger partial charge in [0, 0.05) is 5.66 Å². The molecule has 154 valence electrons. The molecule has 0 bridgehead atoms. The van der Waals surface area contributed by atoms with Gasteiger partial charge in [-0.05, 0) is 98.1 Å². The second-order valence-electron chi connectivity index (χ2n) is 7.25. The molecule has 0 heterocycles. The standard InChI is InChI=1S/C23H26Cl2O2P2/c1-14-10-18(11-15(2)22(14)26-5)28(20-8-7-9-21(20)29(24)25)19-12-16(3)23(27-6)17(4)13-19/h7-13,20H,1-6H3/t20-/m1/s1. The van der Waals surface area contributed by atoms with Gasteiger partial charge in [0.15, 0.2) is 0 Å². The second-order valence-corrected chi connectivity index (χ2v) is 13.1. The van der Waals surface area contributed by atoms with Crippen molar-refractivity contribution in [3.05, 3.63) is 70.1 Å². The molecule has 0 amide bonds. The van der Waals surface area contributed by atoms with Crippen molar-refractivity contribution in [1.29, 1.82) is 0 Å². The lowest BCUT2D eigenvalue weighted by Gasteiger charge is -2.29. The van der Waals surface area contributed by atoms with Gasteiger partial charge in [0.2, 0.25) is 0 Å². The highest BCUT2D eigenvalue weighted by atomic mass is 35.9. The summed E-state index contributed by atoms with van der Waals surface area (Å²) in [6.45, 7) is 7.21. The second kappa shape index (κ2) is 9.40. The summed E-state index contributed by atoms with van der Waals surface area (Å²) in [5.74, 6) is 1.89. The first-order valence-electron chi connectivity index (χ1n) is 9.38. The number of ether oxygens (including phenoxy) is 2. The van der Waals surface area contributed by atoms with E-state index in [0.717, 1.165) is 39.1 Å². The van der Waals surface area contributed by atoms with E-state index in [1.165, 1.54) is 10.6 Å². The summed E-state index contributed by atoms with van der Waals surface area (Å²) in [6.07, 6.45) is 6.41. The Morgan fingerprint density at radius 3 is 1.52 bits per heavy atom. The monoisotopic (exact) mass is 466 g/mol. The number of hydrogen-bond donors (Lipinski definition) is 0. The molecule has 2 nitrogen and oxygen atoms in total. The molecule has 1 aliphatic rings. The largest absolute Gasteiger partial charge is 0.496 e. The van der Waals surface area contributed by atoms with Gasteiger partial charge in [-0.25, -0.2) is 0 Å². The molecular weight excluding hydrogens is 441 g/mol. The van der Waals surface area contributed by atoms with Crippen LogP contribution in [-0.2, 0) is 0 Å². The third-order valence-electron chi connectivity index (χ3n) is 5.19. The van der Waals surface area contributed by atoms with Crippen LogP contribution in [0.3, 0.4) is 0 Å². The van der Waals surface area contributed by atoms with E-state index in [1.54, 1.807) is 14.2 Å². The van der Waals surface area contributed by atoms with Gasteiger partial charge in [-0.15, -0.1) is 0 Å². The molecule has 29 heavy (non-hydrogen) atoms. The Bertz CT molecular complexity index is 877. The lowest BCUT2D eigenvalue weighted by molar-refractivity contribution is 0.408. The number of rotatable bonds is 6. The smallest absolute Gasteiger partial charge is 0.124 e. The Hall–Kier alpha value is -1.04. The third kappa shape index (κ3) is 4.52. The highest BCUT2D eigenvalue weighted by molar-refractivity contribution is 8.07. The maximum Gasteiger partial charge on any atom is 0.124 e. The minimum absolute atomic E-state index is 0.186. The van der Waals surface area contributed by atoms with E-state index in [4.69, 9.17) is 32.0 Å². The van der Waals surface area contributed by atoms with Gasteiger partial charge in [-0.1, -0.05) is 40.7 Å². The highest BCUT2D eigenvalue weighted by Gasteiger charge is 2.32. The topological polar surface area (TPSA) is 18.5 Å². The molecule has 0 saturated carbocycles. The van der Waals surface area contributed by atoms with Gasteiger partial charge in [0.05, 0.1) is 14.2 Å². The molecule has 0 unspecified atom stereocenters. The van der Waals surface area contributed by atoms with Crippen LogP contribution in [0.1, 0.15) is 22.3 Å². The molecule has 2 aromatic rings. The summed E-state index contributed by atoms with van der Waals surface area (Å²) < 4.78 is 11.2. The first-order chi connectivity index (χ1) is 13.8. The molecule has 1 aliphatic carbocycles. The van der Waals surface area contributed by atoms with Crippen molar-refractivity contribution in [2.24, 2.45) is 0 Å². The zero-order valence-electron chi connectivity index (χ0n) is 17.6. The molecule has 2 aromatic carbocycles. The van der Waals surface area contributed by atoms with Crippen molar-refractivity contribution in [1.82, 2.24) is 0 Å². The van der Waals surface area contributed by atoms with Crippen molar-refractivity contribution in [2.75, 3.05) is 14.2 Å². The molecule has 6 heteroatoms. The predicted molar refractivity (Wildman–Crippen MR) is 131 cm³/mol. The van der Waals surface area contributed by atoms with Gasteiger partial charge >= 0.3 is 0 Å². The van der Waals surface area contributed by atoms with Crippen molar-refractivity contribution in [3.8, 4) is 11.5 Å². The van der Waals surface area contributed by atoms with Crippen LogP contribution >= 0.6 is 37.0 Å². The molecule has 0 N–H and O–H groups in total. The number of allylic oxidation sites excluding steroid dienone is 4.